The molecular formula is C25H35P. The molecule has 0 aromatic heterocycles. The molecular weight excluding hydrogens is 331 g/mol. The van der Waals surface area contributed by atoms with E-state index in [2.05, 4.69) is 90.1 Å². The van der Waals surface area contributed by atoms with E-state index in [9.17, 15) is 0 Å². The summed E-state index contributed by atoms with van der Waals surface area (Å²) in [6.07, 6.45) is 5.16. The summed E-state index contributed by atoms with van der Waals surface area (Å²) in [5, 5.41) is 0.746. The molecule has 2 aromatic carbocycles. The van der Waals surface area contributed by atoms with E-state index >= 15 is 0 Å². The van der Waals surface area contributed by atoms with Crippen LogP contribution in [0.1, 0.15) is 84.0 Å². The summed E-state index contributed by atoms with van der Waals surface area (Å²) in [4.78, 5) is 0. The van der Waals surface area contributed by atoms with Crippen LogP contribution in [0.5, 0.6) is 0 Å². The first-order chi connectivity index (χ1) is 12.3. The third-order valence-electron chi connectivity index (χ3n) is 6.09. The van der Waals surface area contributed by atoms with E-state index in [0.717, 1.165) is 0 Å². The van der Waals surface area contributed by atoms with Crippen LogP contribution in [-0.2, 0) is 0 Å². The minimum Gasteiger partial charge on any atom is -0.0827 e. The van der Waals surface area contributed by atoms with Crippen LogP contribution in [0.25, 0.3) is 11.1 Å². The fourth-order valence-corrected chi connectivity index (χ4v) is 10.4. The predicted molar refractivity (Wildman–Crippen MR) is 119 cm³/mol. The second-order valence-electron chi connectivity index (χ2n) is 9.07. The zero-order chi connectivity index (χ0) is 18.9. The van der Waals surface area contributed by atoms with Crippen LogP contribution in [0.2, 0.25) is 0 Å². The molecule has 2 aromatic rings. The van der Waals surface area contributed by atoms with Crippen LogP contribution >= 0.6 is 7.92 Å². The lowest BCUT2D eigenvalue weighted by molar-refractivity contribution is 0.553. The van der Waals surface area contributed by atoms with Crippen LogP contribution in [0.4, 0.5) is 0 Å². The Balaban J connectivity index is 2.21. The normalized spacial score (nSPS) is 14.6. The Morgan fingerprint density at radius 3 is 1.46 bits per heavy atom. The maximum absolute atomic E-state index is 2.54. The van der Waals surface area contributed by atoms with Crippen molar-refractivity contribution in [1.29, 1.82) is 0 Å². The molecule has 140 valence electrons. The number of hydrogen-bond donors (Lipinski definition) is 0. The second-order valence-corrected chi connectivity index (χ2v) is 12.7. The summed E-state index contributed by atoms with van der Waals surface area (Å²) >= 11 is 0. The third-order valence-corrected chi connectivity index (χ3v) is 10.2. The predicted octanol–water partition coefficient (Wildman–Crippen LogP) is 8.40. The fourth-order valence-electron chi connectivity index (χ4n) is 5.39. The molecule has 0 N–H and O–H groups in total. The van der Waals surface area contributed by atoms with Gasteiger partial charge in [0.05, 0.1) is 0 Å². The van der Waals surface area contributed by atoms with Crippen molar-refractivity contribution >= 4 is 7.92 Å². The van der Waals surface area contributed by atoms with Gasteiger partial charge in [-0.1, -0.05) is 111 Å². The molecule has 1 aliphatic carbocycles. The first-order valence-corrected chi connectivity index (χ1v) is 11.7. The van der Waals surface area contributed by atoms with Crippen LogP contribution < -0.4 is 0 Å². The van der Waals surface area contributed by atoms with Gasteiger partial charge in [0.2, 0.25) is 0 Å². The van der Waals surface area contributed by atoms with Gasteiger partial charge >= 0.3 is 0 Å². The van der Waals surface area contributed by atoms with Gasteiger partial charge in [-0.2, -0.15) is 0 Å². The molecule has 0 amide bonds. The Bertz CT molecular complexity index is 693. The largest absolute Gasteiger partial charge is 0.0827 e. The fraction of sp³-hybridized carbons (Fsp3) is 0.520. The number of rotatable bonds is 7. The van der Waals surface area contributed by atoms with Crippen molar-refractivity contribution in [3.05, 3.63) is 59.7 Å². The molecule has 0 fully saturated rings. The standard InChI is InChI=1S/C25H35P/c1-7-17-24(3,4)26(25(5,6)18-8-2)23-21-15-11-9-13-19(21)20-14-10-12-16-22(20)23/h9-16,23H,7-8,17-18H2,1-6H3. The summed E-state index contributed by atoms with van der Waals surface area (Å²) in [5.41, 5.74) is 6.67. The summed E-state index contributed by atoms with van der Waals surface area (Å²) in [5.74, 6) is 0. The minimum absolute atomic E-state index is 0.233. The van der Waals surface area contributed by atoms with Crippen molar-refractivity contribution in [2.45, 2.75) is 83.2 Å². The van der Waals surface area contributed by atoms with Crippen LogP contribution in [0.3, 0.4) is 0 Å². The van der Waals surface area contributed by atoms with Gasteiger partial charge in [-0.25, -0.2) is 0 Å². The van der Waals surface area contributed by atoms with Gasteiger partial charge < -0.3 is 0 Å². The summed E-state index contributed by atoms with van der Waals surface area (Å²) < 4.78 is 0. The molecule has 0 radical (unpaired) electrons. The number of benzene rings is 2. The molecule has 0 saturated carbocycles. The number of fused-ring (bicyclic) bond motifs is 3. The minimum atomic E-state index is -0.233. The van der Waals surface area contributed by atoms with Crippen LogP contribution in [0, 0.1) is 0 Å². The van der Waals surface area contributed by atoms with E-state index in [-0.39, 0.29) is 7.92 Å². The van der Waals surface area contributed by atoms with Crippen molar-refractivity contribution in [2.75, 3.05) is 0 Å². The monoisotopic (exact) mass is 366 g/mol. The Morgan fingerprint density at radius 1 is 0.692 bits per heavy atom. The molecule has 0 nitrogen and oxygen atoms in total. The zero-order valence-corrected chi connectivity index (χ0v) is 18.4. The highest BCUT2D eigenvalue weighted by Gasteiger charge is 2.47. The molecule has 0 atom stereocenters. The second kappa shape index (κ2) is 7.47. The van der Waals surface area contributed by atoms with Gasteiger partial charge in [-0.3, -0.25) is 0 Å². The van der Waals surface area contributed by atoms with E-state index < -0.39 is 0 Å². The van der Waals surface area contributed by atoms with E-state index in [4.69, 9.17) is 0 Å². The Labute approximate surface area is 162 Å². The SMILES string of the molecule is CCCC(C)(C)P(C1c2ccccc2-c2ccccc21)C(C)(C)CCC. The van der Waals surface area contributed by atoms with Gasteiger partial charge in [0.25, 0.3) is 0 Å². The topological polar surface area (TPSA) is 0 Å². The Kier molecular flexibility index (Phi) is 5.64. The van der Waals surface area contributed by atoms with Gasteiger partial charge in [0.15, 0.2) is 0 Å². The van der Waals surface area contributed by atoms with Gasteiger partial charge in [0, 0.05) is 5.66 Å². The maximum Gasteiger partial charge on any atom is 0.0313 e. The average molecular weight is 367 g/mol. The first kappa shape index (κ1) is 19.6. The summed E-state index contributed by atoms with van der Waals surface area (Å²) in [7, 11) is -0.233. The molecule has 0 unspecified atom stereocenters. The average Bonchev–Trinajstić information content (AvgIpc) is 2.89. The lowest BCUT2D eigenvalue weighted by atomic mass is 10.1. The van der Waals surface area contributed by atoms with Gasteiger partial charge in [-0.15, -0.1) is 0 Å². The van der Waals surface area contributed by atoms with Crippen molar-refractivity contribution < 1.29 is 0 Å². The molecule has 1 aliphatic rings. The lowest BCUT2D eigenvalue weighted by Gasteiger charge is -2.49. The van der Waals surface area contributed by atoms with Crippen LogP contribution in [0.15, 0.2) is 48.5 Å². The van der Waals surface area contributed by atoms with Crippen molar-refractivity contribution in [1.82, 2.24) is 0 Å². The molecule has 0 spiro atoms. The van der Waals surface area contributed by atoms with Crippen LogP contribution in [-0.4, -0.2) is 10.3 Å². The number of hydrogen-bond acceptors (Lipinski definition) is 0. The molecule has 26 heavy (non-hydrogen) atoms. The molecule has 0 saturated heterocycles. The maximum atomic E-state index is 2.54. The summed E-state index contributed by atoms with van der Waals surface area (Å²) in [6, 6.07) is 18.4. The highest BCUT2D eigenvalue weighted by molar-refractivity contribution is 7.61. The lowest BCUT2D eigenvalue weighted by Crippen LogP contribution is -2.32. The zero-order valence-electron chi connectivity index (χ0n) is 17.5. The van der Waals surface area contributed by atoms with Gasteiger partial charge in [-0.05, 0) is 45.4 Å². The Morgan fingerprint density at radius 2 is 1.08 bits per heavy atom. The molecule has 3 rings (SSSR count). The highest BCUT2D eigenvalue weighted by atomic mass is 31.1. The molecule has 0 bridgehead atoms. The van der Waals surface area contributed by atoms with E-state index in [1.807, 2.05) is 0 Å². The van der Waals surface area contributed by atoms with Crippen molar-refractivity contribution in [3.63, 3.8) is 0 Å². The van der Waals surface area contributed by atoms with E-state index in [1.165, 1.54) is 36.8 Å². The van der Waals surface area contributed by atoms with Gasteiger partial charge in [0.1, 0.15) is 0 Å². The highest BCUT2D eigenvalue weighted by Crippen LogP contribution is 2.74. The quantitative estimate of drug-likeness (QED) is 0.431. The summed E-state index contributed by atoms with van der Waals surface area (Å²) in [6.45, 7) is 14.9. The van der Waals surface area contributed by atoms with Crippen molar-refractivity contribution in [2.24, 2.45) is 0 Å². The smallest absolute Gasteiger partial charge is 0.0313 e. The van der Waals surface area contributed by atoms with E-state index in [0.29, 0.717) is 16.0 Å². The first-order valence-electron chi connectivity index (χ1n) is 10.3. The molecule has 0 aliphatic heterocycles. The Hall–Kier alpha value is -1.13. The van der Waals surface area contributed by atoms with E-state index in [1.54, 1.807) is 11.1 Å². The third kappa shape index (κ3) is 3.38. The molecule has 1 heteroatoms. The van der Waals surface area contributed by atoms with Crippen molar-refractivity contribution in [3.8, 4) is 11.1 Å². The molecule has 0 heterocycles.